The average molecular weight is 584 g/mol. The first-order chi connectivity index (χ1) is 19.4. The van der Waals surface area contributed by atoms with Gasteiger partial charge in [0.15, 0.2) is 0 Å². The lowest BCUT2D eigenvalue weighted by molar-refractivity contribution is -0.245. The molecular weight excluding hydrogens is 522 g/mol. The Morgan fingerprint density at radius 2 is 1.55 bits per heavy atom. The van der Waals surface area contributed by atoms with Crippen LogP contribution in [0.1, 0.15) is 140 Å². The SMILES string of the molecule is C=C(C)[C@@H]1CC[C@]2(NC(=O)OC(C)(C)CC)CC[C@]3(C)[C@H](CC[C@@H]4[C@@]5(C)CC[C@H](OC(C)=O)C(C)(C)[C@@H]5CC[C@]43C)[C@@H]12. The van der Waals surface area contributed by atoms with Gasteiger partial charge in [0.1, 0.15) is 11.7 Å². The minimum absolute atomic E-state index is 0.0120. The maximum atomic E-state index is 13.4. The molecule has 0 radical (unpaired) electrons. The summed E-state index contributed by atoms with van der Waals surface area (Å²) in [6, 6.07) is 0. The quantitative estimate of drug-likeness (QED) is 0.259. The Balaban J connectivity index is 1.47. The van der Waals surface area contributed by atoms with Crippen LogP contribution >= 0.6 is 0 Å². The number of rotatable bonds is 5. The molecule has 5 aliphatic carbocycles. The molecule has 0 aromatic carbocycles. The number of hydrogen-bond donors (Lipinski definition) is 1. The Labute approximate surface area is 256 Å². The van der Waals surface area contributed by atoms with E-state index in [9.17, 15) is 9.59 Å². The summed E-state index contributed by atoms with van der Waals surface area (Å²) in [5.74, 6) is 2.47. The lowest BCUT2D eigenvalue weighted by Crippen LogP contribution is -2.69. The molecule has 0 aliphatic heterocycles. The number of ether oxygens (including phenoxy) is 2. The van der Waals surface area contributed by atoms with Gasteiger partial charge in [-0.25, -0.2) is 4.79 Å². The van der Waals surface area contributed by atoms with E-state index in [4.69, 9.17) is 9.47 Å². The molecule has 0 unspecified atom stereocenters. The summed E-state index contributed by atoms with van der Waals surface area (Å²) in [7, 11) is 0. The second kappa shape index (κ2) is 10.3. The molecule has 5 saturated carbocycles. The fraction of sp³-hybridized carbons (Fsp3) is 0.892. The predicted octanol–water partition coefficient (Wildman–Crippen LogP) is 9.24. The molecule has 1 N–H and O–H groups in total. The van der Waals surface area contributed by atoms with Crippen molar-refractivity contribution in [3.63, 3.8) is 0 Å². The van der Waals surface area contributed by atoms with E-state index in [1.54, 1.807) is 6.92 Å². The van der Waals surface area contributed by atoms with Gasteiger partial charge < -0.3 is 14.8 Å². The Bertz CT molecular complexity index is 1110. The summed E-state index contributed by atoms with van der Waals surface area (Å²) in [5, 5.41) is 3.54. The second-order valence-electron chi connectivity index (χ2n) is 17.4. The number of carbonyl (C=O) groups excluding carboxylic acids is 2. The van der Waals surface area contributed by atoms with Crippen molar-refractivity contribution in [2.45, 2.75) is 157 Å². The Kier molecular flexibility index (Phi) is 7.79. The second-order valence-corrected chi connectivity index (χ2v) is 17.4. The highest BCUT2D eigenvalue weighted by Crippen LogP contribution is 2.76. The molecule has 10 atom stereocenters. The van der Waals surface area contributed by atoms with Crippen LogP contribution < -0.4 is 5.32 Å². The largest absolute Gasteiger partial charge is 0.462 e. The molecule has 0 aromatic heterocycles. The van der Waals surface area contributed by atoms with Crippen molar-refractivity contribution in [3.8, 4) is 0 Å². The van der Waals surface area contributed by atoms with Crippen molar-refractivity contribution in [2.24, 2.45) is 51.2 Å². The van der Waals surface area contributed by atoms with E-state index >= 15 is 0 Å². The van der Waals surface area contributed by atoms with E-state index in [-0.39, 0.29) is 45.4 Å². The van der Waals surface area contributed by atoms with Gasteiger partial charge >= 0.3 is 12.1 Å². The van der Waals surface area contributed by atoms with Gasteiger partial charge in [0.25, 0.3) is 0 Å². The monoisotopic (exact) mass is 583 g/mol. The summed E-state index contributed by atoms with van der Waals surface area (Å²) in [5.41, 5.74) is 1.28. The third-order valence-electron chi connectivity index (χ3n) is 14.9. The van der Waals surface area contributed by atoms with E-state index in [0.717, 1.165) is 44.9 Å². The molecule has 0 spiro atoms. The number of fused-ring (bicyclic) bond motifs is 7. The van der Waals surface area contributed by atoms with Crippen molar-refractivity contribution < 1.29 is 19.1 Å². The molecular formula is C37H61NO4. The van der Waals surface area contributed by atoms with Crippen molar-refractivity contribution in [1.82, 2.24) is 5.32 Å². The molecule has 0 aromatic rings. The number of nitrogens with one attached hydrogen (secondary N) is 1. The fourth-order valence-electron chi connectivity index (χ4n) is 12.3. The average Bonchev–Trinajstić information content (AvgIpc) is 3.25. The van der Waals surface area contributed by atoms with Gasteiger partial charge in [0, 0.05) is 17.9 Å². The normalized spacial score (nSPS) is 45.9. The fourth-order valence-corrected chi connectivity index (χ4v) is 12.3. The van der Waals surface area contributed by atoms with Gasteiger partial charge in [-0.1, -0.05) is 53.7 Å². The first-order valence-electron chi connectivity index (χ1n) is 17.2. The number of allylic oxidation sites excluding steroid dienone is 1. The molecule has 0 heterocycles. The van der Waals surface area contributed by atoms with Crippen molar-refractivity contribution >= 4 is 12.1 Å². The molecule has 5 fully saturated rings. The highest BCUT2D eigenvalue weighted by atomic mass is 16.6. The molecule has 0 saturated heterocycles. The molecule has 42 heavy (non-hydrogen) atoms. The van der Waals surface area contributed by atoms with Crippen LogP contribution in [0.4, 0.5) is 4.79 Å². The van der Waals surface area contributed by atoms with E-state index in [0.29, 0.717) is 29.6 Å². The molecule has 238 valence electrons. The van der Waals surface area contributed by atoms with Crippen LogP contribution in [-0.2, 0) is 14.3 Å². The van der Waals surface area contributed by atoms with Crippen molar-refractivity contribution in [2.75, 3.05) is 0 Å². The molecule has 0 bridgehead atoms. The first-order valence-corrected chi connectivity index (χ1v) is 17.2. The minimum atomic E-state index is -0.465. The van der Waals surface area contributed by atoms with E-state index in [2.05, 4.69) is 60.4 Å². The zero-order chi connectivity index (χ0) is 31.1. The molecule has 5 heteroatoms. The summed E-state index contributed by atoms with van der Waals surface area (Å²) in [6.45, 7) is 27.0. The van der Waals surface area contributed by atoms with E-state index in [1.807, 2.05) is 13.8 Å². The molecule has 5 rings (SSSR count). The number of amides is 1. The Hall–Kier alpha value is -1.52. The van der Waals surface area contributed by atoms with Crippen LogP contribution in [0.15, 0.2) is 12.2 Å². The topological polar surface area (TPSA) is 64.6 Å². The van der Waals surface area contributed by atoms with Crippen molar-refractivity contribution in [1.29, 1.82) is 0 Å². The Morgan fingerprint density at radius 1 is 0.857 bits per heavy atom. The molecule has 1 amide bonds. The minimum Gasteiger partial charge on any atom is -0.462 e. The number of alkyl carbamates (subject to hydrolysis) is 1. The van der Waals surface area contributed by atoms with E-state index < -0.39 is 5.60 Å². The molecule has 5 aliphatic rings. The van der Waals surface area contributed by atoms with Gasteiger partial charge in [-0.2, -0.15) is 0 Å². The van der Waals surface area contributed by atoms with Crippen LogP contribution in [0.5, 0.6) is 0 Å². The van der Waals surface area contributed by atoms with E-state index in [1.165, 1.54) is 31.3 Å². The number of esters is 1. The smallest absolute Gasteiger partial charge is 0.408 e. The van der Waals surface area contributed by atoms with Gasteiger partial charge in [0.05, 0.1) is 0 Å². The highest BCUT2D eigenvalue weighted by molar-refractivity contribution is 5.69. The highest BCUT2D eigenvalue weighted by Gasteiger charge is 2.71. The van der Waals surface area contributed by atoms with Crippen molar-refractivity contribution in [3.05, 3.63) is 12.2 Å². The van der Waals surface area contributed by atoms with Gasteiger partial charge in [-0.15, -0.1) is 0 Å². The maximum Gasteiger partial charge on any atom is 0.408 e. The summed E-state index contributed by atoms with van der Waals surface area (Å²) >= 11 is 0. The summed E-state index contributed by atoms with van der Waals surface area (Å²) in [6.07, 6.45) is 11.9. The zero-order valence-electron chi connectivity index (χ0n) is 28.6. The van der Waals surface area contributed by atoms with Crippen LogP contribution in [0, 0.1) is 51.2 Å². The summed E-state index contributed by atoms with van der Waals surface area (Å²) in [4.78, 5) is 25.4. The summed E-state index contributed by atoms with van der Waals surface area (Å²) < 4.78 is 11.9. The van der Waals surface area contributed by atoms with Crippen LogP contribution in [-0.4, -0.2) is 29.3 Å². The number of hydrogen-bond acceptors (Lipinski definition) is 4. The third-order valence-corrected chi connectivity index (χ3v) is 14.9. The molecule has 5 nitrogen and oxygen atoms in total. The Morgan fingerprint density at radius 3 is 2.17 bits per heavy atom. The van der Waals surface area contributed by atoms with Gasteiger partial charge in [-0.05, 0) is 137 Å². The van der Waals surface area contributed by atoms with Gasteiger partial charge in [0.2, 0.25) is 0 Å². The van der Waals surface area contributed by atoms with Crippen LogP contribution in [0.25, 0.3) is 0 Å². The van der Waals surface area contributed by atoms with Crippen LogP contribution in [0.3, 0.4) is 0 Å². The van der Waals surface area contributed by atoms with Crippen LogP contribution in [0.2, 0.25) is 0 Å². The lowest BCUT2D eigenvalue weighted by Gasteiger charge is -2.73. The number of carbonyl (C=O) groups is 2. The maximum absolute atomic E-state index is 13.4. The first kappa shape index (κ1) is 31.9. The predicted molar refractivity (Wildman–Crippen MR) is 169 cm³/mol. The lowest BCUT2D eigenvalue weighted by atomic mass is 9.32. The third kappa shape index (κ3) is 4.59. The zero-order valence-corrected chi connectivity index (χ0v) is 28.6. The standard InChI is InChI=1S/C37H61NO4/c1-12-32(5,6)42-31(40)38-37-20-15-25(23(2)3)30(37)26-13-14-28-34(9)18-17-29(41-24(4)39)33(7,8)27(34)16-19-36(28,11)35(26,10)21-22-37/h25-30H,2,12-22H2,1,3-11H3,(H,38,40)/t25-,26+,27-,28+,29-,30+,34-,35+,36+,37-/m0/s1. The van der Waals surface area contributed by atoms with Gasteiger partial charge in [-0.3, -0.25) is 4.79 Å².